The highest BCUT2D eigenvalue weighted by atomic mass is 32.2. The van der Waals surface area contributed by atoms with Crippen molar-refractivity contribution in [1.82, 2.24) is 9.55 Å². The Balaban J connectivity index is 1.77. The molecule has 1 aromatic carbocycles. The minimum absolute atomic E-state index is 0.116. The molecule has 3 nitrogen and oxygen atoms in total. The number of nitrogens with zero attached hydrogens (tertiary/aromatic N) is 2. The number of aromatic nitrogens is 2. The van der Waals surface area contributed by atoms with Crippen LogP contribution < -0.4 is 5.56 Å². The predicted molar refractivity (Wildman–Crippen MR) is 102 cm³/mol. The molecule has 0 saturated carbocycles. The van der Waals surface area contributed by atoms with E-state index in [9.17, 15) is 4.79 Å². The Kier molecular flexibility index (Phi) is 4.22. The van der Waals surface area contributed by atoms with Crippen molar-refractivity contribution in [1.29, 1.82) is 0 Å². The van der Waals surface area contributed by atoms with Gasteiger partial charge in [-0.1, -0.05) is 49.0 Å². The van der Waals surface area contributed by atoms with Crippen molar-refractivity contribution < 1.29 is 0 Å². The molecule has 2 heterocycles. The highest BCUT2D eigenvalue weighted by molar-refractivity contribution is 7.99. The van der Waals surface area contributed by atoms with Crippen LogP contribution in [-0.2, 0) is 19.9 Å². The van der Waals surface area contributed by atoms with Crippen LogP contribution in [0.15, 0.2) is 40.3 Å². The summed E-state index contributed by atoms with van der Waals surface area (Å²) in [4.78, 5) is 20.0. The Morgan fingerprint density at radius 2 is 2.08 bits per heavy atom. The first-order chi connectivity index (χ1) is 11.7. The maximum absolute atomic E-state index is 12.9. The molecule has 1 aliphatic rings. The van der Waals surface area contributed by atoms with Crippen molar-refractivity contribution in [2.45, 2.75) is 43.0 Å². The summed E-state index contributed by atoms with van der Waals surface area (Å²) < 4.78 is 1.74. The van der Waals surface area contributed by atoms with Gasteiger partial charge in [0, 0.05) is 17.2 Å². The fraction of sp³-hybridized carbons (Fsp3) is 0.368. The van der Waals surface area contributed by atoms with Crippen molar-refractivity contribution in [3.05, 3.63) is 56.7 Å². The Morgan fingerprint density at radius 1 is 1.29 bits per heavy atom. The van der Waals surface area contributed by atoms with Gasteiger partial charge in [0.1, 0.15) is 4.83 Å². The monoisotopic (exact) mass is 356 g/mol. The number of hydrogen-bond donors (Lipinski definition) is 0. The number of aryl methyl sites for hydroxylation is 2. The van der Waals surface area contributed by atoms with Crippen LogP contribution in [0.4, 0.5) is 0 Å². The molecule has 124 valence electrons. The maximum atomic E-state index is 12.9. The van der Waals surface area contributed by atoms with Crippen molar-refractivity contribution in [3.63, 3.8) is 0 Å². The number of rotatable bonds is 4. The third kappa shape index (κ3) is 2.60. The molecule has 0 N–H and O–H groups in total. The van der Waals surface area contributed by atoms with E-state index in [1.165, 1.54) is 22.4 Å². The first-order valence-electron chi connectivity index (χ1n) is 8.42. The number of benzene rings is 1. The van der Waals surface area contributed by atoms with E-state index >= 15 is 0 Å². The number of thioether (sulfide) groups is 1. The van der Waals surface area contributed by atoms with E-state index in [-0.39, 0.29) is 5.56 Å². The largest absolute Gasteiger partial charge is 0.290 e. The van der Waals surface area contributed by atoms with Crippen LogP contribution >= 0.6 is 23.1 Å². The number of thiophene rings is 1. The Bertz CT molecular complexity index is 943. The van der Waals surface area contributed by atoms with E-state index in [0.717, 1.165) is 34.6 Å². The first kappa shape index (κ1) is 15.9. The van der Waals surface area contributed by atoms with Gasteiger partial charge in [-0.25, -0.2) is 4.98 Å². The molecule has 24 heavy (non-hydrogen) atoms. The van der Waals surface area contributed by atoms with Gasteiger partial charge in [0.05, 0.1) is 5.39 Å². The van der Waals surface area contributed by atoms with Gasteiger partial charge in [-0.3, -0.25) is 9.36 Å². The van der Waals surface area contributed by atoms with E-state index in [2.05, 4.69) is 31.2 Å². The summed E-state index contributed by atoms with van der Waals surface area (Å²) in [6.07, 6.45) is 4.30. The van der Waals surface area contributed by atoms with E-state index in [1.54, 1.807) is 27.7 Å². The lowest BCUT2D eigenvalue weighted by Gasteiger charge is -2.16. The number of hydrogen-bond acceptors (Lipinski definition) is 4. The average molecular weight is 357 g/mol. The molecule has 4 rings (SSSR count). The summed E-state index contributed by atoms with van der Waals surface area (Å²) >= 11 is 3.41. The molecule has 1 unspecified atom stereocenters. The van der Waals surface area contributed by atoms with Crippen LogP contribution in [0.1, 0.15) is 41.0 Å². The molecule has 0 saturated heterocycles. The topological polar surface area (TPSA) is 34.9 Å². The fourth-order valence-electron chi connectivity index (χ4n) is 3.39. The lowest BCUT2D eigenvalue weighted by Crippen LogP contribution is -2.20. The zero-order valence-corrected chi connectivity index (χ0v) is 15.5. The van der Waals surface area contributed by atoms with Crippen molar-refractivity contribution in [3.8, 4) is 0 Å². The van der Waals surface area contributed by atoms with Crippen LogP contribution in [0.3, 0.4) is 0 Å². The molecule has 1 atom stereocenters. The van der Waals surface area contributed by atoms with Crippen LogP contribution in [-0.4, -0.2) is 9.55 Å². The van der Waals surface area contributed by atoms with Gasteiger partial charge in [-0.15, -0.1) is 11.3 Å². The SMILES string of the molecule is CCC(Sc1nc2sc3c(c2c(=O)n1C)CCC3)c1ccccc1. The highest BCUT2D eigenvalue weighted by Gasteiger charge is 2.23. The van der Waals surface area contributed by atoms with E-state index in [4.69, 9.17) is 4.98 Å². The second-order valence-corrected chi connectivity index (χ2v) is 8.47. The van der Waals surface area contributed by atoms with Gasteiger partial charge < -0.3 is 0 Å². The van der Waals surface area contributed by atoms with Gasteiger partial charge in [0.2, 0.25) is 0 Å². The minimum Gasteiger partial charge on any atom is -0.290 e. The molecule has 0 fully saturated rings. The normalized spacial score (nSPS) is 14.9. The lowest BCUT2D eigenvalue weighted by atomic mass is 10.1. The smallest absolute Gasteiger partial charge is 0.262 e. The lowest BCUT2D eigenvalue weighted by molar-refractivity contribution is 0.721. The van der Waals surface area contributed by atoms with Crippen molar-refractivity contribution >= 4 is 33.3 Å². The molecule has 2 aromatic heterocycles. The van der Waals surface area contributed by atoms with Crippen LogP contribution in [0.25, 0.3) is 10.2 Å². The number of fused-ring (bicyclic) bond motifs is 3. The molecule has 0 radical (unpaired) electrons. The molecule has 0 spiro atoms. The molecule has 0 amide bonds. The van der Waals surface area contributed by atoms with Gasteiger partial charge in [-0.2, -0.15) is 0 Å². The van der Waals surface area contributed by atoms with Gasteiger partial charge >= 0.3 is 0 Å². The Hall–Kier alpha value is -1.59. The zero-order valence-electron chi connectivity index (χ0n) is 13.9. The van der Waals surface area contributed by atoms with Gasteiger partial charge in [0.15, 0.2) is 5.16 Å². The van der Waals surface area contributed by atoms with Crippen LogP contribution in [0, 0.1) is 0 Å². The quantitative estimate of drug-likeness (QED) is 0.501. The van der Waals surface area contributed by atoms with Gasteiger partial charge in [-0.05, 0) is 36.8 Å². The maximum Gasteiger partial charge on any atom is 0.262 e. The Labute approximate surface area is 149 Å². The molecular weight excluding hydrogens is 336 g/mol. The third-order valence-corrected chi connectivity index (χ3v) is 7.35. The fourth-order valence-corrected chi connectivity index (χ4v) is 5.80. The standard InChI is InChI=1S/C19H20N2OS2/c1-3-14(12-8-5-4-6-9-12)24-19-20-17-16(18(22)21(19)2)13-10-7-11-15(13)23-17/h4-6,8-9,14H,3,7,10-11H2,1-2H3. The van der Waals surface area contributed by atoms with Gasteiger partial charge in [0.25, 0.3) is 5.56 Å². The van der Waals surface area contributed by atoms with Crippen molar-refractivity contribution in [2.24, 2.45) is 7.05 Å². The summed E-state index contributed by atoms with van der Waals surface area (Å²) in [6.45, 7) is 2.18. The summed E-state index contributed by atoms with van der Waals surface area (Å²) in [5, 5.41) is 2.00. The summed E-state index contributed by atoms with van der Waals surface area (Å²) in [7, 11) is 1.85. The molecule has 1 aliphatic carbocycles. The summed E-state index contributed by atoms with van der Waals surface area (Å²) in [5.41, 5.74) is 2.66. The highest BCUT2D eigenvalue weighted by Crippen LogP contribution is 2.39. The molecule has 5 heteroatoms. The molecule has 3 aromatic rings. The third-order valence-electron chi connectivity index (χ3n) is 4.70. The zero-order chi connectivity index (χ0) is 16.7. The van der Waals surface area contributed by atoms with Crippen LogP contribution in [0.5, 0.6) is 0 Å². The summed E-state index contributed by atoms with van der Waals surface area (Å²) in [6, 6.07) is 10.5. The minimum atomic E-state index is 0.116. The second kappa shape index (κ2) is 6.37. The molecule has 0 bridgehead atoms. The predicted octanol–water partition coefficient (Wildman–Crippen LogP) is 4.73. The average Bonchev–Trinajstić information content (AvgIpc) is 3.18. The van der Waals surface area contributed by atoms with E-state index in [1.807, 2.05) is 13.1 Å². The van der Waals surface area contributed by atoms with E-state index < -0.39 is 0 Å². The van der Waals surface area contributed by atoms with Crippen molar-refractivity contribution in [2.75, 3.05) is 0 Å². The van der Waals surface area contributed by atoms with Crippen LogP contribution in [0.2, 0.25) is 0 Å². The van der Waals surface area contributed by atoms with E-state index in [0.29, 0.717) is 5.25 Å². The first-order valence-corrected chi connectivity index (χ1v) is 10.1. The second-order valence-electron chi connectivity index (χ2n) is 6.22. The molecular formula is C19H20N2OS2. The summed E-state index contributed by atoms with van der Waals surface area (Å²) in [5.74, 6) is 0. The Morgan fingerprint density at radius 3 is 2.83 bits per heavy atom. The molecule has 0 aliphatic heterocycles.